The van der Waals surface area contributed by atoms with Gasteiger partial charge in [-0.1, -0.05) is 0 Å². The molecule has 80 valence electrons. The van der Waals surface area contributed by atoms with Crippen LogP contribution < -0.4 is 11.1 Å². The molecule has 0 aliphatic carbocycles. The van der Waals surface area contributed by atoms with Gasteiger partial charge in [-0.15, -0.1) is 5.10 Å². The van der Waals surface area contributed by atoms with E-state index in [2.05, 4.69) is 29.2 Å². The van der Waals surface area contributed by atoms with Gasteiger partial charge >= 0.3 is 0 Å². The van der Waals surface area contributed by atoms with E-state index in [-0.39, 0.29) is 0 Å². The van der Waals surface area contributed by atoms with E-state index >= 15 is 0 Å². The van der Waals surface area contributed by atoms with E-state index in [1.807, 2.05) is 19.2 Å². The molecule has 2 aromatic rings. The van der Waals surface area contributed by atoms with Crippen LogP contribution in [-0.4, -0.2) is 20.6 Å². The molecule has 0 saturated heterocycles. The normalized spacial score (nSPS) is 11.2. The molecule has 2 aromatic heterocycles. The van der Waals surface area contributed by atoms with Gasteiger partial charge < -0.3 is 11.1 Å². The van der Waals surface area contributed by atoms with E-state index in [0.717, 1.165) is 16.9 Å². The van der Waals surface area contributed by atoms with Crippen LogP contribution in [0.4, 0.5) is 11.6 Å². The van der Waals surface area contributed by atoms with Crippen LogP contribution in [-0.2, 0) is 0 Å². The van der Waals surface area contributed by atoms with E-state index in [1.54, 1.807) is 4.52 Å². The van der Waals surface area contributed by atoms with Crippen molar-refractivity contribution >= 4 is 17.3 Å². The zero-order valence-electron chi connectivity index (χ0n) is 9.15. The summed E-state index contributed by atoms with van der Waals surface area (Å²) >= 11 is 0. The number of nitrogens with two attached hydrogens (primary N) is 1. The highest BCUT2D eigenvalue weighted by Crippen LogP contribution is 2.16. The van der Waals surface area contributed by atoms with E-state index in [0.29, 0.717) is 12.0 Å². The molecule has 0 aliphatic heterocycles. The van der Waals surface area contributed by atoms with Gasteiger partial charge in [-0.05, 0) is 32.4 Å². The van der Waals surface area contributed by atoms with Gasteiger partial charge in [-0.25, -0.2) is 4.52 Å². The van der Waals surface area contributed by atoms with Gasteiger partial charge in [0.05, 0.1) is 11.9 Å². The number of fused-ring (bicyclic) bond motifs is 1. The average molecular weight is 205 g/mol. The van der Waals surface area contributed by atoms with Crippen LogP contribution in [0.3, 0.4) is 0 Å². The number of nitrogen functional groups attached to an aromatic ring is 1. The molecular formula is C10H15N5. The van der Waals surface area contributed by atoms with Crippen molar-refractivity contribution in [2.45, 2.75) is 26.8 Å². The Kier molecular flexibility index (Phi) is 2.22. The lowest BCUT2D eigenvalue weighted by Crippen LogP contribution is -2.10. The number of hydrogen-bond acceptors (Lipinski definition) is 4. The van der Waals surface area contributed by atoms with Gasteiger partial charge in [0.15, 0.2) is 5.65 Å². The second kappa shape index (κ2) is 3.42. The van der Waals surface area contributed by atoms with Crippen LogP contribution in [0, 0.1) is 6.92 Å². The van der Waals surface area contributed by atoms with Crippen LogP contribution in [0.1, 0.15) is 19.4 Å². The highest BCUT2D eigenvalue weighted by atomic mass is 15.3. The van der Waals surface area contributed by atoms with E-state index in [4.69, 9.17) is 5.73 Å². The van der Waals surface area contributed by atoms with Crippen LogP contribution in [0.5, 0.6) is 0 Å². The molecule has 15 heavy (non-hydrogen) atoms. The van der Waals surface area contributed by atoms with Crippen LogP contribution >= 0.6 is 0 Å². The van der Waals surface area contributed by atoms with Crippen molar-refractivity contribution in [3.8, 4) is 0 Å². The fourth-order valence-corrected chi connectivity index (χ4v) is 1.58. The molecule has 0 aliphatic rings. The lowest BCUT2D eigenvalue weighted by molar-refractivity contribution is 0.887. The van der Waals surface area contributed by atoms with Gasteiger partial charge in [-0.2, -0.15) is 4.98 Å². The third-order valence-corrected chi connectivity index (χ3v) is 2.09. The molecule has 0 radical (unpaired) electrons. The quantitative estimate of drug-likeness (QED) is 0.778. The number of aryl methyl sites for hydroxylation is 1. The number of hydrogen-bond donors (Lipinski definition) is 2. The number of aromatic nitrogens is 3. The molecule has 0 atom stereocenters. The molecule has 2 rings (SSSR count). The van der Waals surface area contributed by atoms with E-state index in [9.17, 15) is 0 Å². The van der Waals surface area contributed by atoms with Crippen LogP contribution in [0.2, 0.25) is 0 Å². The first kappa shape index (κ1) is 9.76. The molecule has 5 heteroatoms. The van der Waals surface area contributed by atoms with E-state index < -0.39 is 0 Å². The van der Waals surface area contributed by atoms with Crippen molar-refractivity contribution < 1.29 is 0 Å². The standard InChI is InChI=1S/C10H15N5/c1-6(2)12-8-4-7(3)9-13-10(11)14-15(9)5-8/h4-6,12H,1-3H3,(H2,11,14). The Balaban J connectivity index is 2.51. The SMILES string of the molecule is Cc1cc(NC(C)C)cn2nc(N)nc12. The molecule has 0 bridgehead atoms. The molecule has 0 aromatic carbocycles. The summed E-state index contributed by atoms with van der Waals surface area (Å²) in [7, 11) is 0. The Labute approximate surface area is 88.3 Å². The zero-order valence-corrected chi connectivity index (χ0v) is 9.15. The first-order valence-corrected chi connectivity index (χ1v) is 4.95. The summed E-state index contributed by atoms with van der Waals surface area (Å²) in [5, 5.41) is 7.40. The number of anilines is 2. The summed E-state index contributed by atoms with van der Waals surface area (Å²) in [6.07, 6.45) is 1.89. The lowest BCUT2D eigenvalue weighted by Gasteiger charge is -2.10. The van der Waals surface area contributed by atoms with E-state index in [1.165, 1.54) is 0 Å². The third kappa shape index (κ3) is 1.86. The first-order valence-electron chi connectivity index (χ1n) is 4.95. The maximum atomic E-state index is 5.55. The summed E-state index contributed by atoms with van der Waals surface area (Å²) in [6, 6.07) is 2.44. The molecule has 0 unspecified atom stereocenters. The number of nitrogens with one attached hydrogen (secondary N) is 1. The van der Waals surface area contributed by atoms with Gasteiger partial charge in [-0.3, -0.25) is 0 Å². The molecule has 0 saturated carbocycles. The van der Waals surface area contributed by atoms with Gasteiger partial charge in [0.25, 0.3) is 0 Å². The molecule has 3 N–H and O–H groups in total. The Morgan fingerprint density at radius 1 is 1.47 bits per heavy atom. The van der Waals surface area contributed by atoms with Crippen molar-refractivity contribution in [3.63, 3.8) is 0 Å². The van der Waals surface area contributed by atoms with Crippen molar-refractivity contribution in [3.05, 3.63) is 17.8 Å². The summed E-state index contributed by atoms with van der Waals surface area (Å²) < 4.78 is 1.70. The summed E-state index contributed by atoms with van der Waals surface area (Å²) in [6.45, 7) is 6.18. The Bertz CT molecular complexity index is 486. The summed E-state index contributed by atoms with van der Waals surface area (Å²) in [5.74, 6) is 0.305. The Morgan fingerprint density at radius 3 is 2.87 bits per heavy atom. The largest absolute Gasteiger partial charge is 0.382 e. The molecule has 2 heterocycles. The number of nitrogens with zero attached hydrogens (tertiary/aromatic N) is 3. The monoisotopic (exact) mass is 205 g/mol. The fourth-order valence-electron chi connectivity index (χ4n) is 1.58. The van der Waals surface area contributed by atoms with Gasteiger partial charge in [0, 0.05) is 6.04 Å². The minimum absolute atomic E-state index is 0.305. The third-order valence-electron chi connectivity index (χ3n) is 2.09. The minimum Gasteiger partial charge on any atom is -0.382 e. The molecule has 0 amide bonds. The Hall–Kier alpha value is -1.78. The summed E-state index contributed by atoms with van der Waals surface area (Å²) in [4.78, 5) is 4.13. The molecule has 5 nitrogen and oxygen atoms in total. The maximum Gasteiger partial charge on any atom is 0.240 e. The van der Waals surface area contributed by atoms with Crippen molar-refractivity contribution in [2.24, 2.45) is 0 Å². The second-order valence-electron chi connectivity index (χ2n) is 3.95. The predicted molar refractivity (Wildman–Crippen MR) is 60.9 cm³/mol. The highest BCUT2D eigenvalue weighted by molar-refractivity contribution is 5.57. The maximum absolute atomic E-state index is 5.55. The van der Waals surface area contributed by atoms with Crippen molar-refractivity contribution in [1.82, 2.24) is 14.6 Å². The zero-order chi connectivity index (χ0) is 11.0. The Morgan fingerprint density at radius 2 is 2.20 bits per heavy atom. The topological polar surface area (TPSA) is 68.2 Å². The highest BCUT2D eigenvalue weighted by Gasteiger charge is 2.05. The number of rotatable bonds is 2. The van der Waals surface area contributed by atoms with Gasteiger partial charge in [0.2, 0.25) is 5.95 Å². The van der Waals surface area contributed by atoms with Crippen molar-refractivity contribution in [2.75, 3.05) is 11.1 Å². The van der Waals surface area contributed by atoms with Crippen LogP contribution in [0.15, 0.2) is 12.3 Å². The van der Waals surface area contributed by atoms with Crippen LogP contribution in [0.25, 0.3) is 5.65 Å². The minimum atomic E-state index is 0.305. The second-order valence-corrected chi connectivity index (χ2v) is 3.95. The van der Waals surface area contributed by atoms with Gasteiger partial charge in [0.1, 0.15) is 0 Å². The predicted octanol–water partition coefficient (Wildman–Crippen LogP) is 1.44. The lowest BCUT2D eigenvalue weighted by atomic mass is 10.2. The fraction of sp³-hybridized carbons (Fsp3) is 0.400. The first-order chi connectivity index (χ1) is 7.06. The van der Waals surface area contributed by atoms with Crippen molar-refractivity contribution in [1.29, 1.82) is 0 Å². The smallest absolute Gasteiger partial charge is 0.240 e. The molecule has 0 fully saturated rings. The molecule has 0 spiro atoms. The molecular weight excluding hydrogens is 190 g/mol. The average Bonchev–Trinajstić information content (AvgIpc) is 2.44. The number of pyridine rings is 1. The summed E-state index contributed by atoms with van der Waals surface area (Å²) in [5.41, 5.74) is 8.44.